The van der Waals surface area contributed by atoms with Crippen molar-refractivity contribution in [2.45, 2.75) is 38.7 Å². The number of allylic oxidation sites excluding steroid dienone is 2. The molecule has 0 radical (unpaired) electrons. The number of benzene rings is 3. The Bertz CT molecular complexity index is 1030. The molecule has 4 rings (SSSR count). The van der Waals surface area contributed by atoms with E-state index >= 15 is 0 Å². The first-order valence-corrected chi connectivity index (χ1v) is 13.8. The van der Waals surface area contributed by atoms with Crippen LogP contribution in [-0.4, -0.2) is 21.2 Å². The van der Waals surface area contributed by atoms with E-state index < -0.39 is 8.32 Å². The van der Waals surface area contributed by atoms with Crippen LogP contribution in [0.2, 0.25) is 5.04 Å². The van der Waals surface area contributed by atoms with Crippen molar-refractivity contribution >= 4 is 30.6 Å². The third-order valence-corrected chi connectivity index (χ3v) is 12.0. The van der Waals surface area contributed by atoms with Crippen molar-refractivity contribution in [3.05, 3.63) is 103 Å². The summed E-state index contributed by atoms with van der Waals surface area (Å²) in [5.74, 6) is 0.249. The highest BCUT2D eigenvalue weighted by molar-refractivity contribution is 6.99. The quantitative estimate of drug-likeness (QED) is 0.314. The molecule has 0 spiro atoms. The highest BCUT2D eigenvalue weighted by Gasteiger charge is 2.50. The Morgan fingerprint density at radius 2 is 1.36 bits per heavy atom. The number of aldehydes is 1. The molecule has 3 heteroatoms. The van der Waals surface area contributed by atoms with E-state index in [2.05, 4.69) is 112 Å². The van der Waals surface area contributed by atoms with Crippen molar-refractivity contribution in [3.63, 3.8) is 0 Å². The maximum absolute atomic E-state index is 11.9. The van der Waals surface area contributed by atoms with Crippen molar-refractivity contribution in [1.29, 1.82) is 0 Å². The molecule has 1 aliphatic carbocycles. The second kappa shape index (κ2) is 10.0. The van der Waals surface area contributed by atoms with Crippen LogP contribution in [0.15, 0.2) is 97.1 Å². The molecule has 0 saturated carbocycles. The van der Waals surface area contributed by atoms with E-state index in [9.17, 15) is 4.79 Å². The van der Waals surface area contributed by atoms with E-state index in [4.69, 9.17) is 4.43 Å². The van der Waals surface area contributed by atoms with Gasteiger partial charge in [-0.3, -0.25) is 0 Å². The van der Waals surface area contributed by atoms with Crippen LogP contribution in [0.5, 0.6) is 0 Å². The largest absolute Gasteiger partial charge is 0.407 e. The van der Waals surface area contributed by atoms with Gasteiger partial charge in [-0.05, 0) is 45.3 Å². The smallest absolute Gasteiger partial charge is 0.261 e. The van der Waals surface area contributed by atoms with Crippen molar-refractivity contribution in [3.8, 4) is 0 Å². The summed E-state index contributed by atoms with van der Waals surface area (Å²) in [6, 6.07) is 31.9. The molecular formula is C30H34O2Si. The molecule has 0 bridgehead atoms. The average molecular weight is 455 g/mol. The summed E-state index contributed by atoms with van der Waals surface area (Å²) in [4.78, 5) is 11.9. The molecule has 0 aromatic heterocycles. The zero-order chi connectivity index (χ0) is 23.3. The van der Waals surface area contributed by atoms with Crippen LogP contribution >= 0.6 is 0 Å². The van der Waals surface area contributed by atoms with Crippen LogP contribution in [-0.2, 0) is 9.22 Å². The number of carbonyl (C=O) groups is 1. The molecule has 0 aliphatic heterocycles. The minimum atomic E-state index is -2.54. The Labute approximate surface area is 199 Å². The Morgan fingerprint density at radius 1 is 0.848 bits per heavy atom. The van der Waals surface area contributed by atoms with Crippen molar-refractivity contribution < 1.29 is 9.22 Å². The van der Waals surface area contributed by atoms with Gasteiger partial charge in [0.2, 0.25) is 0 Å². The molecule has 0 N–H and O–H groups in total. The zero-order valence-corrected chi connectivity index (χ0v) is 20.9. The predicted octanol–water partition coefficient (Wildman–Crippen LogP) is 5.87. The van der Waals surface area contributed by atoms with Crippen molar-refractivity contribution in [1.82, 2.24) is 0 Å². The van der Waals surface area contributed by atoms with Crippen LogP contribution < -0.4 is 10.4 Å². The van der Waals surface area contributed by atoms with Gasteiger partial charge < -0.3 is 9.22 Å². The fraction of sp³-hybridized carbons (Fsp3) is 0.300. The Hall–Kier alpha value is -2.75. The first-order chi connectivity index (χ1) is 16.0. The average Bonchev–Trinajstić information content (AvgIpc) is 3.26. The van der Waals surface area contributed by atoms with Gasteiger partial charge in [0.05, 0.1) is 0 Å². The first-order valence-electron chi connectivity index (χ1n) is 11.9. The van der Waals surface area contributed by atoms with E-state index in [1.165, 1.54) is 21.5 Å². The number of carbonyl (C=O) groups excluding carboxylic acids is 1. The lowest BCUT2D eigenvalue weighted by atomic mass is 9.94. The maximum atomic E-state index is 11.9. The zero-order valence-electron chi connectivity index (χ0n) is 19.9. The highest BCUT2D eigenvalue weighted by atomic mass is 28.4. The van der Waals surface area contributed by atoms with E-state index in [1.54, 1.807) is 0 Å². The third-order valence-electron chi connectivity index (χ3n) is 6.93. The van der Waals surface area contributed by atoms with Gasteiger partial charge in [-0.25, -0.2) is 0 Å². The van der Waals surface area contributed by atoms with E-state index in [1.807, 2.05) is 6.07 Å². The molecule has 0 unspecified atom stereocenters. The number of hydrogen-bond donors (Lipinski definition) is 0. The minimum Gasteiger partial charge on any atom is -0.407 e. The second-order valence-corrected chi connectivity index (χ2v) is 14.3. The van der Waals surface area contributed by atoms with E-state index in [0.29, 0.717) is 6.61 Å². The molecule has 33 heavy (non-hydrogen) atoms. The lowest BCUT2D eigenvalue weighted by Crippen LogP contribution is -2.66. The summed E-state index contributed by atoms with van der Waals surface area (Å²) in [6.45, 7) is 7.55. The predicted molar refractivity (Wildman–Crippen MR) is 140 cm³/mol. The van der Waals surface area contributed by atoms with Crippen LogP contribution in [0.1, 0.15) is 39.2 Å². The van der Waals surface area contributed by atoms with Gasteiger partial charge in [-0.1, -0.05) is 118 Å². The molecular weight excluding hydrogens is 420 g/mol. The summed E-state index contributed by atoms with van der Waals surface area (Å²) >= 11 is 0. The molecule has 3 aromatic carbocycles. The molecule has 0 amide bonds. The SMILES string of the molecule is CC(C)(C)[Si](OCC[C@@H]1C=C(c2ccccc2)C[C@@H]1C=O)(c1ccccc1)c1ccccc1. The van der Waals surface area contributed by atoms with Gasteiger partial charge >= 0.3 is 0 Å². The summed E-state index contributed by atoms with van der Waals surface area (Å²) in [5.41, 5.74) is 2.50. The number of hydrogen-bond acceptors (Lipinski definition) is 2. The van der Waals surface area contributed by atoms with Crippen LogP contribution in [0.4, 0.5) is 0 Å². The van der Waals surface area contributed by atoms with Crippen LogP contribution in [0, 0.1) is 11.8 Å². The first kappa shape index (κ1) is 23.4. The lowest BCUT2D eigenvalue weighted by Gasteiger charge is -2.43. The summed E-state index contributed by atoms with van der Waals surface area (Å²) < 4.78 is 7.06. The normalized spacial score (nSPS) is 18.7. The fourth-order valence-corrected chi connectivity index (χ4v) is 9.86. The molecule has 1 aliphatic rings. The van der Waals surface area contributed by atoms with Gasteiger partial charge in [-0.2, -0.15) is 0 Å². The molecule has 2 nitrogen and oxygen atoms in total. The van der Waals surface area contributed by atoms with Gasteiger partial charge in [-0.15, -0.1) is 0 Å². The second-order valence-electron chi connectivity index (χ2n) is 10.0. The highest BCUT2D eigenvalue weighted by Crippen LogP contribution is 2.39. The topological polar surface area (TPSA) is 26.3 Å². The molecule has 3 aromatic rings. The van der Waals surface area contributed by atoms with Gasteiger partial charge in [0, 0.05) is 12.5 Å². The lowest BCUT2D eigenvalue weighted by molar-refractivity contribution is -0.111. The third kappa shape index (κ3) is 4.80. The fourth-order valence-electron chi connectivity index (χ4n) is 5.28. The monoisotopic (exact) mass is 454 g/mol. The molecule has 170 valence electrons. The standard InChI is InChI=1S/C30H34O2Si/c1-30(2,3)33(28-15-9-5-10-16-28,29-17-11-6-12-18-29)32-20-19-25-21-26(22-27(25)23-31)24-13-7-4-8-14-24/h4-18,21,23,25,27H,19-20,22H2,1-3H3/t25-,27-/m1/s1. The number of rotatable bonds is 8. The maximum Gasteiger partial charge on any atom is 0.261 e. The Morgan fingerprint density at radius 3 is 1.85 bits per heavy atom. The van der Waals surface area contributed by atoms with Gasteiger partial charge in [0.15, 0.2) is 0 Å². The van der Waals surface area contributed by atoms with Gasteiger partial charge in [0.1, 0.15) is 6.29 Å². The molecule has 0 fully saturated rings. The summed E-state index contributed by atoms with van der Waals surface area (Å²) in [6.07, 6.45) is 5.12. The van der Waals surface area contributed by atoms with Crippen LogP contribution in [0.25, 0.3) is 5.57 Å². The minimum absolute atomic E-state index is 0.0305. The van der Waals surface area contributed by atoms with E-state index in [-0.39, 0.29) is 16.9 Å². The van der Waals surface area contributed by atoms with E-state index in [0.717, 1.165) is 19.1 Å². The summed E-state index contributed by atoms with van der Waals surface area (Å²) in [5, 5.41) is 2.55. The molecule has 0 saturated heterocycles. The Balaban J connectivity index is 1.61. The molecule has 0 heterocycles. The van der Waals surface area contributed by atoms with Gasteiger partial charge in [0.25, 0.3) is 8.32 Å². The van der Waals surface area contributed by atoms with Crippen molar-refractivity contribution in [2.75, 3.05) is 6.61 Å². The van der Waals surface area contributed by atoms with Crippen LogP contribution in [0.3, 0.4) is 0 Å². The Kier molecular flexibility index (Phi) is 7.11. The molecule has 2 atom stereocenters. The van der Waals surface area contributed by atoms with Crippen molar-refractivity contribution in [2.24, 2.45) is 11.8 Å². The summed E-state index contributed by atoms with van der Waals surface area (Å²) in [7, 11) is -2.54.